The number of rotatable bonds is 7. The molecule has 1 unspecified atom stereocenters. The van der Waals surface area contributed by atoms with Crippen LogP contribution in [0.4, 0.5) is 13.2 Å². The van der Waals surface area contributed by atoms with Crippen LogP contribution in [0.15, 0.2) is 15.7 Å². The molecule has 1 atom stereocenters. The Morgan fingerprint density at radius 2 is 2.04 bits per heavy atom. The molecule has 0 saturated heterocycles. The van der Waals surface area contributed by atoms with Gasteiger partial charge < -0.3 is 0 Å². The number of halogens is 3. The third-order valence-corrected chi connectivity index (χ3v) is 4.20. The van der Waals surface area contributed by atoms with Crippen molar-refractivity contribution in [3.63, 3.8) is 0 Å². The van der Waals surface area contributed by atoms with Gasteiger partial charge in [0.1, 0.15) is 6.04 Å². The molecule has 132 valence electrons. The van der Waals surface area contributed by atoms with Gasteiger partial charge in [0.25, 0.3) is 0 Å². The first-order valence-electron chi connectivity index (χ1n) is 7.34. The van der Waals surface area contributed by atoms with Crippen LogP contribution in [-0.2, 0) is 0 Å². The van der Waals surface area contributed by atoms with Crippen LogP contribution in [0, 0.1) is 10.1 Å². The van der Waals surface area contributed by atoms with Crippen LogP contribution in [0.2, 0.25) is 0 Å². The average molecular weight is 354 g/mol. The standard InChI is InChI=1S/C13H21F3N4O2S/c1-4-5-6-7-9-10(20(21)22)11(23-8(2)3)18-12(19(9)17)13(14,15)16/h8-9H,4-7,17H2,1-3H3. The summed E-state index contributed by atoms with van der Waals surface area (Å²) < 4.78 is 39.4. The van der Waals surface area contributed by atoms with Gasteiger partial charge in [0, 0.05) is 5.25 Å². The molecule has 0 saturated carbocycles. The highest BCUT2D eigenvalue weighted by atomic mass is 32.2. The van der Waals surface area contributed by atoms with Crippen LogP contribution in [0.25, 0.3) is 0 Å². The van der Waals surface area contributed by atoms with E-state index in [1.165, 1.54) is 0 Å². The summed E-state index contributed by atoms with van der Waals surface area (Å²) in [5, 5.41) is 11.4. The lowest BCUT2D eigenvalue weighted by Crippen LogP contribution is -2.55. The molecular weight excluding hydrogens is 333 g/mol. The Morgan fingerprint density at radius 1 is 1.43 bits per heavy atom. The first-order valence-corrected chi connectivity index (χ1v) is 8.22. The second-order valence-corrected chi connectivity index (χ2v) is 7.03. The van der Waals surface area contributed by atoms with Gasteiger partial charge in [0.15, 0.2) is 5.03 Å². The minimum Gasteiger partial charge on any atom is -0.277 e. The smallest absolute Gasteiger partial charge is 0.277 e. The molecule has 1 aliphatic rings. The van der Waals surface area contributed by atoms with E-state index in [-0.39, 0.29) is 22.4 Å². The SMILES string of the molecule is CCCCCC1C([N+](=O)[O-])=C(SC(C)C)N=C(C(F)(F)F)N1N. The van der Waals surface area contributed by atoms with Crippen molar-refractivity contribution < 1.29 is 18.1 Å². The highest BCUT2D eigenvalue weighted by Gasteiger charge is 2.48. The van der Waals surface area contributed by atoms with E-state index in [4.69, 9.17) is 5.84 Å². The van der Waals surface area contributed by atoms with Crippen LogP contribution >= 0.6 is 11.8 Å². The molecular formula is C13H21F3N4O2S. The summed E-state index contributed by atoms with van der Waals surface area (Å²) in [5.41, 5.74) is -0.352. The molecule has 1 rings (SSSR count). The fourth-order valence-corrected chi connectivity index (χ4v) is 3.13. The van der Waals surface area contributed by atoms with Gasteiger partial charge in [0.2, 0.25) is 5.84 Å². The second kappa shape index (κ2) is 8.00. The molecule has 10 heteroatoms. The molecule has 0 spiro atoms. The van der Waals surface area contributed by atoms with Crippen molar-refractivity contribution in [2.75, 3.05) is 0 Å². The van der Waals surface area contributed by atoms with Crippen molar-refractivity contribution in [3.05, 3.63) is 20.8 Å². The van der Waals surface area contributed by atoms with Gasteiger partial charge in [-0.1, -0.05) is 51.8 Å². The number of thioether (sulfide) groups is 1. The Kier molecular flexibility index (Phi) is 6.87. The van der Waals surface area contributed by atoms with E-state index in [9.17, 15) is 23.3 Å². The highest BCUT2D eigenvalue weighted by Crippen LogP contribution is 2.36. The second-order valence-electron chi connectivity index (χ2n) is 5.47. The van der Waals surface area contributed by atoms with Crippen LogP contribution in [0.1, 0.15) is 46.5 Å². The maximum absolute atomic E-state index is 13.1. The molecule has 0 bridgehead atoms. The lowest BCUT2D eigenvalue weighted by Gasteiger charge is -2.32. The Hall–Kier alpha value is -1.29. The number of amidine groups is 1. The first-order chi connectivity index (χ1) is 10.6. The van der Waals surface area contributed by atoms with Crippen molar-refractivity contribution in [1.29, 1.82) is 0 Å². The van der Waals surface area contributed by atoms with Crippen molar-refractivity contribution in [2.24, 2.45) is 10.8 Å². The van der Waals surface area contributed by atoms with E-state index < -0.39 is 23.0 Å². The lowest BCUT2D eigenvalue weighted by molar-refractivity contribution is -0.434. The fourth-order valence-electron chi connectivity index (χ4n) is 2.22. The molecule has 23 heavy (non-hydrogen) atoms. The number of hydrazine groups is 1. The normalized spacial score (nSPS) is 19.4. The van der Waals surface area contributed by atoms with Crippen LogP contribution in [-0.4, -0.2) is 33.2 Å². The van der Waals surface area contributed by atoms with Gasteiger partial charge >= 0.3 is 11.9 Å². The molecule has 0 aromatic heterocycles. The number of unbranched alkanes of at least 4 members (excludes halogenated alkanes) is 2. The number of nitrogens with zero attached hydrogens (tertiary/aromatic N) is 3. The Labute approximate surface area is 137 Å². The number of hydrogen-bond acceptors (Lipinski definition) is 6. The van der Waals surface area contributed by atoms with E-state index in [1.807, 2.05) is 6.92 Å². The lowest BCUT2D eigenvalue weighted by atomic mass is 10.0. The van der Waals surface area contributed by atoms with Gasteiger partial charge in [-0.3, -0.25) is 15.1 Å². The van der Waals surface area contributed by atoms with Crippen LogP contribution in [0.3, 0.4) is 0 Å². The number of nitrogens with two attached hydrogens (primary N) is 1. The van der Waals surface area contributed by atoms with Crippen molar-refractivity contribution in [2.45, 2.75) is 63.9 Å². The number of alkyl halides is 3. The molecule has 0 radical (unpaired) electrons. The number of hydrogen-bond donors (Lipinski definition) is 1. The Bertz CT molecular complexity index is 506. The minimum absolute atomic E-state index is 0.140. The average Bonchev–Trinajstić information content (AvgIpc) is 2.39. The Balaban J connectivity index is 3.32. The van der Waals surface area contributed by atoms with E-state index in [0.29, 0.717) is 11.4 Å². The summed E-state index contributed by atoms with van der Waals surface area (Å²) in [6.45, 7) is 5.41. The molecule has 0 fully saturated rings. The minimum atomic E-state index is -4.76. The summed E-state index contributed by atoms with van der Waals surface area (Å²) in [6, 6.07) is -1.13. The van der Waals surface area contributed by atoms with Crippen molar-refractivity contribution in [1.82, 2.24) is 5.01 Å². The molecule has 1 aliphatic heterocycles. The molecule has 1 heterocycles. The summed E-state index contributed by atoms with van der Waals surface area (Å²) in [6.07, 6.45) is -2.42. The van der Waals surface area contributed by atoms with E-state index in [0.717, 1.165) is 24.6 Å². The molecule has 0 amide bonds. The first kappa shape index (κ1) is 19.8. The summed E-state index contributed by atoms with van der Waals surface area (Å²) in [4.78, 5) is 14.2. The van der Waals surface area contributed by atoms with Gasteiger partial charge in [0.05, 0.1) is 4.92 Å². The van der Waals surface area contributed by atoms with Crippen molar-refractivity contribution >= 4 is 17.6 Å². The van der Waals surface area contributed by atoms with Crippen LogP contribution < -0.4 is 5.84 Å². The fraction of sp³-hybridized carbons (Fsp3) is 0.769. The largest absolute Gasteiger partial charge is 0.450 e. The highest BCUT2D eigenvalue weighted by molar-refractivity contribution is 8.03. The topological polar surface area (TPSA) is 84.8 Å². The molecule has 2 N–H and O–H groups in total. The van der Waals surface area contributed by atoms with Crippen LogP contribution in [0.5, 0.6) is 0 Å². The summed E-state index contributed by atoms with van der Waals surface area (Å²) in [5.74, 6) is 4.26. The molecule has 0 aromatic carbocycles. The zero-order valence-electron chi connectivity index (χ0n) is 13.3. The maximum Gasteiger partial charge on any atom is 0.450 e. The van der Waals surface area contributed by atoms with Gasteiger partial charge in [-0.05, 0) is 6.42 Å². The number of nitro groups is 1. The predicted molar refractivity (Wildman–Crippen MR) is 84.2 cm³/mol. The summed E-state index contributed by atoms with van der Waals surface area (Å²) >= 11 is 0.945. The van der Waals surface area contributed by atoms with Gasteiger partial charge in [-0.15, -0.1) is 0 Å². The zero-order valence-corrected chi connectivity index (χ0v) is 14.1. The zero-order chi connectivity index (χ0) is 17.8. The quantitative estimate of drug-likeness (QED) is 0.326. The van der Waals surface area contributed by atoms with Crippen molar-refractivity contribution in [3.8, 4) is 0 Å². The third kappa shape index (κ3) is 5.10. The molecule has 0 aromatic rings. The summed E-state index contributed by atoms with van der Waals surface area (Å²) in [7, 11) is 0. The van der Waals surface area contributed by atoms with Gasteiger partial charge in [-0.25, -0.2) is 10.8 Å². The van der Waals surface area contributed by atoms with E-state index >= 15 is 0 Å². The van der Waals surface area contributed by atoms with Gasteiger partial charge in [-0.2, -0.15) is 13.2 Å². The predicted octanol–water partition coefficient (Wildman–Crippen LogP) is 3.67. The maximum atomic E-state index is 13.1. The van der Waals surface area contributed by atoms with E-state index in [1.54, 1.807) is 13.8 Å². The monoisotopic (exact) mass is 354 g/mol. The molecule has 0 aliphatic carbocycles. The molecule has 6 nitrogen and oxygen atoms in total. The number of aliphatic imine (C=N–C) groups is 1. The third-order valence-electron chi connectivity index (χ3n) is 3.20. The van der Waals surface area contributed by atoms with E-state index in [2.05, 4.69) is 4.99 Å². The Morgan fingerprint density at radius 3 is 2.48 bits per heavy atom.